The van der Waals surface area contributed by atoms with E-state index in [0.717, 1.165) is 32.1 Å². The van der Waals surface area contributed by atoms with Gasteiger partial charge in [-0.25, -0.2) is 0 Å². The number of carbonyl (C=O) groups is 1. The number of benzene rings is 2. The maximum Gasteiger partial charge on any atom is 0.310 e. The summed E-state index contributed by atoms with van der Waals surface area (Å²) in [6.07, 6.45) is 1.88. The van der Waals surface area contributed by atoms with Crippen LogP contribution >= 0.6 is 15.9 Å². The summed E-state index contributed by atoms with van der Waals surface area (Å²) in [7, 11) is 0. The fourth-order valence-corrected chi connectivity index (χ4v) is 3.10. The van der Waals surface area contributed by atoms with Crippen molar-refractivity contribution >= 4 is 32.9 Å². The Balaban J connectivity index is 1.79. The monoisotopic (exact) mass is 402 g/mol. The van der Waals surface area contributed by atoms with E-state index in [1.807, 2.05) is 31.2 Å². The maximum absolute atomic E-state index is 11.8. The average molecular weight is 403 g/mol. The van der Waals surface area contributed by atoms with Crippen molar-refractivity contribution < 1.29 is 18.7 Å². The van der Waals surface area contributed by atoms with Crippen molar-refractivity contribution in [3.8, 4) is 5.75 Å². The number of fused-ring (bicyclic) bond motifs is 1. The fourth-order valence-electron chi connectivity index (χ4n) is 2.76. The second-order valence-corrected chi connectivity index (χ2v) is 6.69. The van der Waals surface area contributed by atoms with Crippen molar-refractivity contribution in [3.63, 3.8) is 0 Å². The quantitative estimate of drug-likeness (QED) is 0.532. The van der Waals surface area contributed by atoms with Crippen molar-refractivity contribution in [1.29, 1.82) is 0 Å². The topological polar surface area (TPSA) is 48.7 Å². The first-order chi connectivity index (χ1) is 12.1. The van der Waals surface area contributed by atoms with Crippen LogP contribution in [0.4, 0.5) is 0 Å². The molecule has 0 bridgehead atoms. The lowest BCUT2D eigenvalue weighted by molar-refractivity contribution is -0.142. The van der Waals surface area contributed by atoms with E-state index in [2.05, 4.69) is 28.1 Å². The molecule has 0 unspecified atom stereocenters. The minimum absolute atomic E-state index is 0.191. The van der Waals surface area contributed by atoms with E-state index in [1.54, 1.807) is 13.2 Å². The lowest BCUT2D eigenvalue weighted by Crippen LogP contribution is -2.09. The summed E-state index contributed by atoms with van der Waals surface area (Å²) >= 11 is 3.45. The van der Waals surface area contributed by atoms with Gasteiger partial charge in [0.2, 0.25) is 0 Å². The van der Waals surface area contributed by atoms with Crippen LogP contribution in [-0.4, -0.2) is 12.6 Å². The standard InChI is InChI=1S/C20H19BrO4/c1-3-23-19(22)10-15-4-5-17(21)11-18(15)25-12-14-8-13(2)20-16(9-14)6-7-24-20/h4-9,11H,3,10,12H2,1-2H3. The third-order valence-electron chi connectivity index (χ3n) is 3.86. The molecule has 0 amide bonds. The summed E-state index contributed by atoms with van der Waals surface area (Å²) in [4.78, 5) is 11.8. The first kappa shape index (κ1) is 17.5. The lowest BCUT2D eigenvalue weighted by Gasteiger charge is -2.12. The van der Waals surface area contributed by atoms with Crippen LogP contribution in [0.25, 0.3) is 11.0 Å². The van der Waals surface area contributed by atoms with Gasteiger partial charge in [0.15, 0.2) is 0 Å². The number of esters is 1. The molecule has 0 fully saturated rings. The zero-order valence-electron chi connectivity index (χ0n) is 14.2. The second-order valence-electron chi connectivity index (χ2n) is 5.77. The van der Waals surface area contributed by atoms with Gasteiger partial charge in [-0.1, -0.05) is 22.0 Å². The molecule has 0 saturated heterocycles. The van der Waals surface area contributed by atoms with Gasteiger partial charge in [0.25, 0.3) is 0 Å². The van der Waals surface area contributed by atoms with Crippen molar-refractivity contribution in [1.82, 2.24) is 0 Å². The number of carbonyl (C=O) groups excluding carboxylic acids is 1. The third kappa shape index (κ3) is 4.23. The van der Waals surface area contributed by atoms with E-state index in [4.69, 9.17) is 13.9 Å². The van der Waals surface area contributed by atoms with Gasteiger partial charge in [-0.3, -0.25) is 4.79 Å². The van der Waals surface area contributed by atoms with Crippen LogP contribution in [-0.2, 0) is 22.6 Å². The van der Waals surface area contributed by atoms with Crippen molar-refractivity contribution in [2.45, 2.75) is 26.9 Å². The van der Waals surface area contributed by atoms with Crippen LogP contribution in [0.3, 0.4) is 0 Å². The normalized spacial score (nSPS) is 10.8. The van der Waals surface area contributed by atoms with E-state index in [9.17, 15) is 4.79 Å². The number of furan rings is 1. The van der Waals surface area contributed by atoms with Gasteiger partial charge in [-0.15, -0.1) is 0 Å². The second kappa shape index (κ2) is 7.74. The molecule has 130 valence electrons. The van der Waals surface area contributed by atoms with Crippen molar-refractivity contribution in [3.05, 3.63) is 63.8 Å². The molecule has 0 aliphatic heterocycles. The maximum atomic E-state index is 11.8. The van der Waals surface area contributed by atoms with Crippen molar-refractivity contribution in [2.24, 2.45) is 0 Å². The van der Waals surface area contributed by atoms with Crippen LogP contribution in [0.1, 0.15) is 23.6 Å². The Kier molecular flexibility index (Phi) is 5.43. The molecule has 2 aromatic carbocycles. The molecular formula is C20H19BrO4. The SMILES string of the molecule is CCOC(=O)Cc1ccc(Br)cc1OCc1cc(C)c2occc2c1. The summed E-state index contributed by atoms with van der Waals surface area (Å²) in [6, 6.07) is 11.7. The molecule has 3 aromatic rings. The van der Waals surface area contributed by atoms with Gasteiger partial charge in [0.05, 0.1) is 19.3 Å². The zero-order chi connectivity index (χ0) is 17.8. The highest BCUT2D eigenvalue weighted by atomic mass is 79.9. The van der Waals surface area contributed by atoms with Gasteiger partial charge in [0, 0.05) is 15.4 Å². The van der Waals surface area contributed by atoms with Gasteiger partial charge in [-0.05, 0) is 55.3 Å². The lowest BCUT2D eigenvalue weighted by atomic mass is 10.1. The minimum Gasteiger partial charge on any atom is -0.489 e. The number of ether oxygens (including phenoxy) is 2. The molecule has 0 radical (unpaired) electrons. The molecule has 3 rings (SSSR count). The predicted molar refractivity (Wildman–Crippen MR) is 99.8 cm³/mol. The van der Waals surface area contributed by atoms with Gasteiger partial charge < -0.3 is 13.9 Å². The number of hydrogen-bond acceptors (Lipinski definition) is 4. The highest BCUT2D eigenvalue weighted by Crippen LogP contribution is 2.27. The summed E-state index contributed by atoms with van der Waals surface area (Å²) < 4.78 is 17.4. The van der Waals surface area contributed by atoms with E-state index >= 15 is 0 Å². The Morgan fingerprint density at radius 1 is 1.20 bits per heavy atom. The molecule has 25 heavy (non-hydrogen) atoms. The average Bonchev–Trinajstić information content (AvgIpc) is 3.04. The van der Waals surface area contributed by atoms with Crippen LogP contribution in [0.15, 0.2) is 51.6 Å². The van der Waals surface area contributed by atoms with Gasteiger partial charge in [0.1, 0.15) is 17.9 Å². The molecule has 5 heteroatoms. The molecule has 0 saturated carbocycles. The number of hydrogen-bond donors (Lipinski definition) is 0. The van der Waals surface area contributed by atoms with Gasteiger partial charge in [-0.2, -0.15) is 0 Å². The van der Waals surface area contributed by atoms with Crippen LogP contribution in [0.5, 0.6) is 5.75 Å². The first-order valence-electron chi connectivity index (χ1n) is 8.10. The van der Waals surface area contributed by atoms with Gasteiger partial charge >= 0.3 is 5.97 Å². The molecule has 0 N–H and O–H groups in total. The number of halogens is 1. The Bertz CT molecular complexity index is 898. The summed E-state index contributed by atoms with van der Waals surface area (Å²) in [5.74, 6) is 0.415. The smallest absolute Gasteiger partial charge is 0.310 e. The zero-order valence-corrected chi connectivity index (χ0v) is 15.8. The highest BCUT2D eigenvalue weighted by molar-refractivity contribution is 9.10. The first-order valence-corrected chi connectivity index (χ1v) is 8.89. The molecule has 0 atom stereocenters. The van der Waals surface area contributed by atoms with E-state index in [1.165, 1.54) is 0 Å². The van der Waals surface area contributed by atoms with Crippen LogP contribution in [0, 0.1) is 6.92 Å². The van der Waals surface area contributed by atoms with Crippen LogP contribution < -0.4 is 4.74 Å². The summed E-state index contributed by atoms with van der Waals surface area (Å²) in [5, 5.41) is 1.06. The fraction of sp³-hybridized carbons (Fsp3) is 0.250. The number of aryl methyl sites for hydroxylation is 1. The van der Waals surface area contributed by atoms with Crippen LogP contribution in [0.2, 0.25) is 0 Å². The van der Waals surface area contributed by atoms with Crippen molar-refractivity contribution in [2.75, 3.05) is 6.61 Å². The highest BCUT2D eigenvalue weighted by Gasteiger charge is 2.12. The predicted octanol–water partition coefficient (Wildman–Crippen LogP) is 5.19. The summed E-state index contributed by atoms with van der Waals surface area (Å²) in [5.41, 5.74) is 3.83. The molecule has 0 aliphatic carbocycles. The Labute approximate surface area is 154 Å². The molecular weight excluding hydrogens is 384 g/mol. The Hall–Kier alpha value is -2.27. The Morgan fingerprint density at radius 3 is 2.84 bits per heavy atom. The molecule has 0 spiro atoms. The summed E-state index contributed by atoms with van der Waals surface area (Å²) in [6.45, 7) is 4.59. The molecule has 0 aliphatic rings. The largest absolute Gasteiger partial charge is 0.489 e. The third-order valence-corrected chi connectivity index (χ3v) is 4.35. The number of rotatable bonds is 6. The van der Waals surface area contributed by atoms with E-state index in [-0.39, 0.29) is 12.4 Å². The molecule has 1 heterocycles. The molecule has 4 nitrogen and oxygen atoms in total. The minimum atomic E-state index is -0.259. The van der Waals surface area contributed by atoms with E-state index < -0.39 is 0 Å². The molecule has 1 aromatic heterocycles. The Morgan fingerprint density at radius 2 is 2.04 bits per heavy atom. The van der Waals surface area contributed by atoms with E-state index in [0.29, 0.717) is 19.0 Å².